The van der Waals surface area contributed by atoms with Crippen LogP contribution < -0.4 is 0 Å². The predicted octanol–water partition coefficient (Wildman–Crippen LogP) is 3.17. The van der Waals surface area contributed by atoms with E-state index in [1.807, 2.05) is 26.0 Å². The molecule has 18 heavy (non-hydrogen) atoms. The molecule has 0 aliphatic rings. The van der Waals surface area contributed by atoms with Crippen molar-refractivity contribution in [3.63, 3.8) is 0 Å². The molecule has 2 aromatic rings. The van der Waals surface area contributed by atoms with Gasteiger partial charge in [0, 0.05) is 6.20 Å². The van der Waals surface area contributed by atoms with E-state index in [0.29, 0.717) is 11.3 Å². The van der Waals surface area contributed by atoms with Gasteiger partial charge in [0.2, 0.25) is 0 Å². The summed E-state index contributed by atoms with van der Waals surface area (Å²) in [6, 6.07) is 8.20. The van der Waals surface area contributed by atoms with Crippen molar-refractivity contribution in [2.24, 2.45) is 0 Å². The molecule has 1 aromatic heterocycles. The fourth-order valence-electron chi connectivity index (χ4n) is 2.05. The van der Waals surface area contributed by atoms with Gasteiger partial charge in [-0.1, -0.05) is 19.1 Å². The van der Waals surface area contributed by atoms with Crippen LogP contribution in [0.15, 0.2) is 36.5 Å². The number of halogens is 1. The summed E-state index contributed by atoms with van der Waals surface area (Å²) in [6.07, 6.45) is 1.55. The maximum absolute atomic E-state index is 13.3. The molecule has 1 unspecified atom stereocenters. The molecule has 0 saturated heterocycles. The van der Waals surface area contributed by atoms with Crippen molar-refractivity contribution >= 4 is 0 Å². The second-order valence-corrected chi connectivity index (χ2v) is 4.30. The molecular formula is C15H16FNO. The summed E-state index contributed by atoms with van der Waals surface area (Å²) in [5, 5.41) is 10.4. The van der Waals surface area contributed by atoms with E-state index in [0.717, 1.165) is 17.5 Å². The van der Waals surface area contributed by atoms with E-state index >= 15 is 0 Å². The van der Waals surface area contributed by atoms with E-state index in [1.165, 1.54) is 12.1 Å². The quantitative estimate of drug-likeness (QED) is 0.901. The van der Waals surface area contributed by atoms with E-state index in [1.54, 1.807) is 12.3 Å². The maximum Gasteiger partial charge on any atom is 0.123 e. The second kappa shape index (κ2) is 5.27. The van der Waals surface area contributed by atoms with E-state index in [9.17, 15) is 9.50 Å². The van der Waals surface area contributed by atoms with Crippen LogP contribution in [0.4, 0.5) is 4.39 Å². The second-order valence-electron chi connectivity index (χ2n) is 4.30. The molecule has 0 fully saturated rings. The Morgan fingerprint density at radius 1 is 1.33 bits per heavy atom. The summed E-state index contributed by atoms with van der Waals surface area (Å²) in [4.78, 5) is 4.22. The first-order valence-corrected chi connectivity index (χ1v) is 6.01. The minimum Gasteiger partial charge on any atom is -0.382 e. The highest BCUT2D eigenvalue weighted by molar-refractivity contribution is 5.36. The smallest absolute Gasteiger partial charge is 0.123 e. The number of aliphatic hydroxyl groups excluding tert-OH is 1. The third-order valence-electron chi connectivity index (χ3n) is 3.10. The van der Waals surface area contributed by atoms with Gasteiger partial charge in [0.15, 0.2) is 0 Å². The van der Waals surface area contributed by atoms with Crippen molar-refractivity contribution in [1.82, 2.24) is 4.98 Å². The molecule has 0 spiro atoms. The van der Waals surface area contributed by atoms with Crippen LogP contribution in [-0.4, -0.2) is 10.1 Å². The molecule has 0 bridgehead atoms. The minimum absolute atomic E-state index is 0.344. The zero-order chi connectivity index (χ0) is 13.1. The zero-order valence-corrected chi connectivity index (χ0v) is 10.5. The summed E-state index contributed by atoms with van der Waals surface area (Å²) in [5.41, 5.74) is 3.02. The first-order chi connectivity index (χ1) is 8.63. The normalized spacial score (nSPS) is 12.4. The van der Waals surface area contributed by atoms with Crippen LogP contribution in [0.25, 0.3) is 0 Å². The van der Waals surface area contributed by atoms with Crippen LogP contribution in [0.3, 0.4) is 0 Å². The molecule has 2 nitrogen and oxygen atoms in total. The number of benzene rings is 1. The van der Waals surface area contributed by atoms with Gasteiger partial charge in [-0.3, -0.25) is 4.98 Å². The number of aliphatic hydroxyl groups is 1. The SMILES string of the molecule is CCc1cccnc1C(O)c1cc(F)ccc1C. The zero-order valence-electron chi connectivity index (χ0n) is 10.5. The van der Waals surface area contributed by atoms with Gasteiger partial charge < -0.3 is 5.11 Å². The van der Waals surface area contributed by atoms with E-state index in [4.69, 9.17) is 0 Å². The highest BCUT2D eigenvalue weighted by Gasteiger charge is 2.17. The third-order valence-corrected chi connectivity index (χ3v) is 3.10. The van der Waals surface area contributed by atoms with Crippen molar-refractivity contribution in [2.75, 3.05) is 0 Å². The standard InChI is InChI=1S/C15H16FNO/c1-3-11-5-4-8-17-14(11)15(18)13-9-12(16)7-6-10(13)2/h4-9,15,18H,3H2,1-2H3. The molecular weight excluding hydrogens is 229 g/mol. The maximum atomic E-state index is 13.3. The lowest BCUT2D eigenvalue weighted by Crippen LogP contribution is -2.08. The number of aryl methyl sites for hydroxylation is 2. The summed E-state index contributed by atoms with van der Waals surface area (Å²) < 4.78 is 13.3. The van der Waals surface area contributed by atoms with E-state index < -0.39 is 6.10 Å². The number of nitrogens with zero attached hydrogens (tertiary/aromatic N) is 1. The Morgan fingerprint density at radius 3 is 2.83 bits per heavy atom. The topological polar surface area (TPSA) is 33.1 Å². The van der Waals surface area contributed by atoms with Crippen molar-refractivity contribution in [3.8, 4) is 0 Å². The van der Waals surface area contributed by atoms with Crippen molar-refractivity contribution in [2.45, 2.75) is 26.4 Å². The molecule has 0 amide bonds. The largest absolute Gasteiger partial charge is 0.382 e. The Bertz CT molecular complexity index is 554. The van der Waals surface area contributed by atoms with E-state index in [2.05, 4.69) is 4.98 Å². The average molecular weight is 245 g/mol. The van der Waals surface area contributed by atoms with Gasteiger partial charge in [-0.15, -0.1) is 0 Å². The molecule has 94 valence electrons. The Hall–Kier alpha value is -1.74. The monoisotopic (exact) mass is 245 g/mol. The van der Waals surface area contributed by atoms with Gasteiger partial charge in [0.05, 0.1) is 5.69 Å². The average Bonchev–Trinajstić information content (AvgIpc) is 2.40. The van der Waals surface area contributed by atoms with Crippen molar-refractivity contribution < 1.29 is 9.50 Å². The summed E-state index contributed by atoms with van der Waals surface area (Å²) in [5.74, 6) is -0.344. The van der Waals surface area contributed by atoms with Gasteiger partial charge in [-0.2, -0.15) is 0 Å². The Balaban J connectivity index is 2.47. The molecule has 2 rings (SSSR count). The van der Waals surface area contributed by atoms with Crippen LogP contribution >= 0.6 is 0 Å². The lowest BCUT2D eigenvalue weighted by atomic mass is 9.97. The number of pyridine rings is 1. The van der Waals surface area contributed by atoms with Crippen LogP contribution in [0.1, 0.15) is 35.4 Å². The number of aromatic nitrogens is 1. The van der Waals surface area contributed by atoms with Crippen molar-refractivity contribution in [3.05, 3.63) is 64.7 Å². The van der Waals surface area contributed by atoms with Gasteiger partial charge in [-0.05, 0) is 48.2 Å². The van der Waals surface area contributed by atoms with Crippen LogP contribution in [0, 0.1) is 12.7 Å². The Kier molecular flexibility index (Phi) is 3.72. The van der Waals surface area contributed by atoms with Gasteiger partial charge in [0.1, 0.15) is 11.9 Å². The minimum atomic E-state index is -0.878. The summed E-state index contributed by atoms with van der Waals surface area (Å²) in [6.45, 7) is 3.86. The number of hydrogen-bond donors (Lipinski definition) is 1. The Labute approximate surface area is 106 Å². The Morgan fingerprint density at radius 2 is 2.11 bits per heavy atom. The van der Waals surface area contributed by atoms with Gasteiger partial charge in [0.25, 0.3) is 0 Å². The van der Waals surface area contributed by atoms with Crippen LogP contribution in [0.5, 0.6) is 0 Å². The highest BCUT2D eigenvalue weighted by Crippen LogP contribution is 2.26. The molecule has 0 aliphatic carbocycles. The summed E-state index contributed by atoms with van der Waals surface area (Å²) >= 11 is 0. The molecule has 0 saturated carbocycles. The molecule has 3 heteroatoms. The molecule has 0 radical (unpaired) electrons. The van der Waals surface area contributed by atoms with Gasteiger partial charge in [-0.25, -0.2) is 4.39 Å². The fourth-order valence-corrected chi connectivity index (χ4v) is 2.05. The number of rotatable bonds is 3. The highest BCUT2D eigenvalue weighted by atomic mass is 19.1. The molecule has 1 N–H and O–H groups in total. The fraction of sp³-hybridized carbons (Fsp3) is 0.267. The molecule has 1 atom stereocenters. The van der Waals surface area contributed by atoms with Crippen LogP contribution in [-0.2, 0) is 6.42 Å². The predicted molar refractivity (Wildman–Crippen MR) is 68.8 cm³/mol. The molecule has 1 aromatic carbocycles. The van der Waals surface area contributed by atoms with E-state index in [-0.39, 0.29) is 5.82 Å². The van der Waals surface area contributed by atoms with Gasteiger partial charge >= 0.3 is 0 Å². The molecule has 0 aliphatic heterocycles. The third kappa shape index (κ3) is 2.41. The first kappa shape index (κ1) is 12.7. The lowest BCUT2D eigenvalue weighted by Gasteiger charge is -2.16. The molecule has 1 heterocycles. The summed E-state index contributed by atoms with van der Waals surface area (Å²) in [7, 11) is 0. The number of hydrogen-bond acceptors (Lipinski definition) is 2. The first-order valence-electron chi connectivity index (χ1n) is 6.01. The van der Waals surface area contributed by atoms with Crippen molar-refractivity contribution in [1.29, 1.82) is 0 Å². The lowest BCUT2D eigenvalue weighted by molar-refractivity contribution is 0.213. The van der Waals surface area contributed by atoms with Crippen LogP contribution in [0.2, 0.25) is 0 Å².